The third-order valence-electron chi connectivity index (χ3n) is 3.81. The average molecular weight is 449 g/mol. The number of piperidine rings is 1. The van der Waals surface area contributed by atoms with Gasteiger partial charge < -0.3 is 15.0 Å². The van der Waals surface area contributed by atoms with E-state index in [2.05, 4.69) is 21.5 Å². The molecule has 0 bridgehead atoms. The Kier molecular flexibility index (Phi) is 10.5. The minimum Gasteiger partial charge on any atom is -0.490 e. The van der Waals surface area contributed by atoms with Crippen LogP contribution < -0.4 is 10.1 Å². The predicted molar refractivity (Wildman–Crippen MR) is 111 cm³/mol. The van der Waals surface area contributed by atoms with Crippen LogP contribution in [0.3, 0.4) is 0 Å². The van der Waals surface area contributed by atoms with Gasteiger partial charge in [-0.1, -0.05) is 18.2 Å². The van der Waals surface area contributed by atoms with E-state index in [0.717, 1.165) is 44.2 Å². The summed E-state index contributed by atoms with van der Waals surface area (Å²) < 4.78 is 6.04. The fourth-order valence-corrected chi connectivity index (χ4v) is 3.06. The number of hydrogen-bond acceptors (Lipinski definition) is 3. The third-order valence-corrected chi connectivity index (χ3v) is 4.50. The number of thioether (sulfide) groups is 1. The van der Waals surface area contributed by atoms with Crippen LogP contribution in [0.2, 0.25) is 0 Å². The quantitative estimate of drug-likeness (QED) is 0.312. The molecule has 1 aliphatic heterocycles. The standard InChI is InChI=1S/C17H27N3OS.HI/c1-18-17(19-11-6-14-22-2)20-12-9-16(10-13-20)21-15-7-4-3-5-8-15;/h3-5,7-8,16H,6,9-14H2,1-2H3,(H,18,19);1H. The zero-order chi connectivity index (χ0) is 15.6. The number of guanidine groups is 1. The summed E-state index contributed by atoms with van der Waals surface area (Å²) in [5, 5.41) is 3.46. The lowest BCUT2D eigenvalue weighted by Crippen LogP contribution is -2.47. The van der Waals surface area contributed by atoms with Crippen LogP contribution in [0.15, 0.2) is 35.3 Å². The van der Waals surface area contributed by atoms with Gasteiger partial charge in [0.05, 0.1) is 0 Å². The normalized spacial score (nSPS) is 15.9. The van der Waals surface area contributed by atoms with Gasteiger partial charge in [0.1, 0.15) is 11.9 Å². The van der Waals surface area contributed by atoms with Crippen LogP contribution in [0.25, 0.3) is 0 Å². The maximum absolute atomic E-state index is 6.04. The molecule has 1 saturated heterocycles. The molecule has 0 spiro atoms. The van der Waals surface area contributed by atoms with Crippen LogP contribution in [0, 0.1) is 0 Å². The monoisotopic (exact) mass is 449 g/mol. The van der Waals surface area contributed by atoms with Crippen molar-refractivity contribution in [1.82, 2.24) is 10.2 Å². The lowest BCUT2D eigenvalue weighted by Gasteiger charge is -2.34. The molecule has 0 aromatic heterocycles. The fourth-order valence-electron chi connectivity index (χ4n) is 2.63. The summed E-state index contributed by atoms with van der Waals surface area (Å²) in [5.41, 5.74) is 0. The fraction of sp³-hybridized carbons (Fsp3) is 0.588. The highest BCUT2D eigenvalue weighted by Gasteiger charge is 2.22. The van der Waals surface area contributed by atoms with Gasteiger partial charge in [-0.2, -0.15) is 11.8 Å². The van der Waals surface area contributed by atoms with E-state index in [1.165, 1.54) is 12.2 Å². The lowest BCUT2D eigenvalue weighted by atomic mass is 10.1. The van der Waals surface area contributed by atoms with Gasteiger partial charge in [0.15, 0.2) is 5.96 Å². The maximum atomic E-state index is 6.04. The number of para-hydroxylation sites is 1. The average Bonchev–Trinajstić information content (AvgIpc) is 2.57. The Morgan fingerprint density at radius 1 is 1.30 bits per heavy atom. The molecule has 0 radical (unpaired) electrons. The number of nitrogens with zero attached hydrogens (tertiary/aromatic N) is 2. The molecule has 0 atom stereocenters. The van der Waals surface area contributed by atoms with Gasteiger partial charge in [-0.15, -0.1) is 24.0 Å². The Balaban J connectivity index is 0.00000264. The maximum Gasteiger partial charge on any atom is 0.193 e. The number of likely N-dealkylation sites (tertiary alicyclic amines) is 1. The first-order chi connectivity index (χ1) is 10.8. The summed E-state index contributed by atoms with van der Waals surface area (Å²) in [6.07, 6.45) is 5.72. The summed E-state index contributed by atoms with van der Waals surface area (Å²) in [4.78, 5) is 6.74. The molecular weight excluding hydrogens is 421 g/mol. The molecular formula is C17H28IN3OS. The summed E-state index contributed by atoms with van der Waals surface area (Å²) in [6, 6.07) is 10.1. The molecule has 0 amide bonds. The smallest absolute Gasteiger partial charge is 0.193 e. The lowest BCUT2D eigenvalue weighted by molar-refractivity contribution is 0.129. The predicted octanol–water partition coefficient (Wildman–Crippen LogP) is 3.48. The van der Waals surface area contributed by atoms with Crippen molar-refractivity contribution >= 4 is 41.7 Å². The molecule has 1 aromatic rings. The van der Waals surface area contributed by atoms with Crippen molar-refractivity contribution in [2.75, 3.05) is 38.7 Å². The summed E-state index contributed by atoms with van der Waals surface area (Å²) in [5.74, 6) is 3.19. The van der Waals surface area contributed by atoms with E-state index in [1.807, 2.05) is 49.1 Å². The van der Waals surface area contributed by atoms with Crippen molar-refractivity contribution in [2.24, 2.45) is 4.99 Å². The summed E-state index contributed by atoms with van der Waals surface area (Å²) in [7, 11) is 1.86. The Morgan fingerprint density at radius 3 is 2.61 bits per heavy atom. The summed E-state index contributed by atoms with van der Waals surface area (Å²) in [6.45, 7) is 2.99. The molecule has 23 heavy (non-hydrogen) atoms. The number of rotatable bonds is 6. The molecule has 130 valence electrons. The van der Waals surface area contributed by atoms with Gasteiger partial charge in [0.25, 0.3) is 0 Å². The molecule has 1 fully saturated rings. The van der Waals surface area contributed by atoms with Crippen molar-refractivity contribution in [3.8, 4) is 5.75 Å². The highest BCUT2D eigenvalue weighted by Crippen LogP contribution is 2.18. The van der Waals surface area contributed by atoms with Gasteiger partial charge in [-0.25, -0.2) is 0 Å². The number of benzene rings is 1. The molecule has 1 heterocycles. The van der Waals surface area contributed by atoms with Gasteiger partial charge in [0, 0.05) is 39.5 Å². The van der Waals surface area contributed by atoms with Crippen molar-refractivity contribution in [2.45, 2.75) is 25.4 Å². The summed E-state index contributed by atoms with van der Waals surface area (Å²) >= 11 is 1.89. The van der Waals surface area contributed by atoms with E-state index >= 15 is 0 Å². The van der Waals surface area contributed by atoms with E-state index in [-0.39, 0.29) is 24.0 Å². The van der Waals surface area contributed by atoms with Crippen LogP contribution >= 0.6 is 35.7 Å². The van der Waals surface area contributed by atoms with Gasteiger partial charge in [0.2, 0.25) is 0 Å². The van der Waals surface area contributed by atoms with E-state index < -0.39 is 0 Å². The van der Waals surface area contributed by atoms with Crippen molar-refractivity contribution in [3.05, 3.63) is 30.3 Å². The molecule has 2 rings (SSSR count). The Labute approximate surface area is 161 Å². The van der Waals surface area contributed by atoms with Gasteiger partial charge in [-0.3, -0.25) is 4.99 Å². The van der Waals surface area contributed by atoms with Crippen LogP contribution in [0.4, 0.5) is 0 Å². The van der Waals surface area contributed by atoms with E-state index in [4.69, 9.17) is 4.74 Å². The number of ether oxygens (including phenoxy) is 1. The Hall–Kier alpha value is -0.630. The van der Waals surface area contributed by atoms with Crippen molar-refractivity contribution in [3.63, 3.8) is 0 Å². The molecule has 1 N–H and O–H groups in total. The number of aliphatic imine (C=N–C) groups is 1. The van der Waals surface area contributed by atoms with Crippen LogP contribution in [-0.4, -0.2) is 55.7 Å². The van der Waals surface area contributed by atoms with Crippen LogP contribution in [0.5, 0.6) is 5.75 Å². The van der Waals surface area contributed by atoms with E-state index in [9.17, 15) is 0 Å². The second-order valence-electron chi connectivity index (χ2n) is 5.44. The second-order valence-corrected chi connectivity index (χ2v) is 6.42. The first-order valence-electron chi connectivity index (χ1n) is 7.99. The Bertz CT molecular complexity index is 450. The highest BCUT2D eigenvalue weighted by molar-refractivity contribution is 14.0. The minimum atomic E-state index is 0. The van der Waals surface area contributed by atoms with Gasteiger partial charge >= 0.3 is 0 Å². The SMILES string of the molecule is CN=C(NCCCSC)N1CCC(Oc2ccccc2)CC1.I. The first-order valence-corrected chi connectivity index (χ1v) is 9.39. The minimum absolute atomic E-state index is 0. The zero-order valence-electron chi connectivity index (χ0n) is 14.0. The van der Waals surface area contributed by atoms with Crippen molar-refractivity contribution < 1.29 is 4.74 Å². The zero-order valence-corrected chi connectivity index (χ0v) is 17.2. The molecule has 0 aliphatic carbocycles. The van der Waals surface area contributed by atoms with E-state index in [1.54, 1.807) is 0 Å². The van der Waals surface area contributed by atoms with Crippen molar-refractivity contribution in [1.29, 1.82) is 0 Å². The molecule has 6 heteroatoms. The first kappa shape index (κ1) is 20.4. The molecule has 1 aromatic carbocycles. The number of halogens is 1. The highest BCUT2D eigenvalue weighted by atomic mass is 127. The molecule has 0 saturated carbocycles. The molecule has 0 unspecified atom stereocenters. The molecule has 4 nitrogen and oxygen atoms in total. The largest absolute Gasteiger partial charge is 0.490 e. The topological polar surface area (TPSA) is 36.9 Å². The van der Waals surface area contributed by atoms with Crippen LogP contribution in [-0.2, 0) is 0 Å². The molecule has 1 aliphatic rings. The second kappa shape index (κ2) is 11.8. The number of nitrogens with one attached hydrogen (secondary N) is 1. The third kappa shape index (κ3) is 7.20. The van der Waals surface area contributed by atoms with Crippen LogP contribution in [0.1, 0.15) is 19.3 Å². The van der Waals surface area contributed by atoms with Gasteiger partial charge in [-0.05, 0) is 30.6 Å². The Morgan fingerprint density at radius 2 is 2.00 bits per heavy atom. The van der Waals surface area contributed by atoms with E-state index in [0.29, 0.717) is 6.10 Å². The number of hydrogen-bond donors (Lipinski definition) is 1.